The highest BCUT2D eigenvalue weighted by Gasteiger charge is 2.42. The molecule has 1 aliphatic heterocycles. The second-order valence-corrected chi connectivity index (χ2v) is 13.8. The van der Waals surface area contributed by atoms with E-state index in [0.29, 0.717) is 12.8 Å². The largest absolute Gasteiger partial charge is 0.508 e. The Bertz CT molecular complexity index is 1290. The van der Waals surface area contributed by atoms with E-state index in [9.17, 15) is 29.4 Å². The molecule has 1 unspecified atom stereocenters. The summed E-state index contributed by atoms with van der Waals surface area (Å²) >= 11 is 0. The first-order valence-corrected chi connectivity index (χ1v) is 15.3. The van der Waals surface area contributed by atoms with E-state index in [0.717, 1.165) is 16.7 Å². The number of hydrogen-bond donors (Lipinski definition) is 6. The summed E-state index contributed by atoms with van der Waals surface area (Å²) in [6, 6.07) is 10.7. The summed E-state index contributed by atoms with van der Waals surface area (Å²) < 4.78 is -0.931. The molecule has 4 atom stereocenters. The van der Waals surface area contributed by atoms with Gasteiger partial charge in [0, 0.05) is 12.2 Å². The SMILES string of the molecule is CC1(C)SSC[C@@H](NC(=O)[C@]2(N)CCc3cc(O)ccc3C2)C(=O)NC(Cc2ccccc2)C(=O)N[C@H]1C(=O)O. The summed E-state index contributed by atoms with van der Waals surface area (Å²) in [5.74, 6) is -2.58. The summed E-state index contributed by atoms with van der Waals surface area (Å²) in [6.07, 6.45) is 1.21. The molecule has 1 fully saturated rings. The van der Waals surface area contributed by atoms with Crippen LogP contribution >= 0.6 is 21.6 Å². The molecule has 1 aliphatic carbocycles. The molecule has 7 N–H and O–H groups in total. The van der Waals surface area contributed by atoms with Crippen LogP contribution in [-0.2, 0) is 38.4 Å². The molecule has 3 amide bonds. The summed E-state index contributed by atoms with van der Waals surface area (Å²) in [5.41, 5.74) is 7.87. The number of benzene rings is 2. The van der Waals surface area contributed by atoms with Crippen LogP contribution in [0.3, 0.4) is 0 Å². The number of phenols is 1. The normalized spacial score (nSPS) is 26.8. The first-order chi connectivity index (χ1) is 18.9. The van der Waals surface area contributed by atoms with Crippen molar-refractivity contribution in [3.05, 3.63) is 65.2 Å². The Morgan fingerprint density at radius 3 is 2.50 bits per heavy atom. The average molecular weight is 587 g/mol. The van der Waals surface area contributed by atoms with Crippen LogP contribution in [0.15, 0.2) is 48.5 Å². The number of aromatic hydroxyl groups is 1. The van der Waals surface area contributed by atoms with Crippen molar-refractivity contribution < 1.29 is 29.4 Å². The lowest BCUT2D eigenvalue weighted by atomic mass is 9.78. The van der Waals surface area contributed by atoms with E-state index in [1.807, 2.05) is 30.3 Å². The van der Waals surface area contributed by atoms with E-state index in [1.165, 1.54) is 21.6 Å². The highest BCUT2D eigenvalue weighted by atomic mass is 33.1. The zero-order chi connectivity index (χ0) is 29.1. The smallest absolute Gasteiger partial charge is 0.327 e. The standard InChI is InChI=1S/C28H34N4O6S2/c1-27(2)22(25(36)37)32-23(34)20(12-16-6-4-3-5-7-16)30-24(35)21(15-39-40-27)31-26(38)28(29)11-10-17-13-19(33)9-8-18(17)14-28/h3-9,13,20-22,33H,10-12,14-15,29H2,1-2H3,(H,30,35)(H,31,38)(H,32,34)(H,36,37)/t20?,21-,22+,28+/m1/s1. The monoisotopic (exact) mass is 586 g/mol. The van der Waals surface area contributed by atoms with Crippen LogP contribution in [0.1, 0.15) is 37.0 Å². The van der Waals surface area contributed by atoms with Gasteiger partial charge in [-0.15, -0.1) is 0 Å². The predicted octanol–water partition coefficient (Wildman–Crippen LogP) is 1.53. The number of amides is 3. The van der Waals surface area contributed by atoms with Crippen molar-refractivity contribution in [1.29, 1.82) is 0 Å². The summed E-state index contributed by atoms with van der Waals surface area (Å²) in [4.78, 5) is 52.5. The van der Waals surface area contributed by atoms with Crippen molar-refractivity contribution >= 4 is 45.3 Å². The van der Waals surface area contributed by atoms with Gasteiger partial charge in [-0.3, -0.25) is 14.4 Å². The third-order valence-electron chi connectivity index (χ3n) is 7.26. The minimum atomic E-state index is -1.26. The molecule has 40 heavy (non-hydrogen) atoms. The first-order valence-electron chi connectivity index (χ1n) is 13.0. The molecule has 214 valence electrons. The maximum atomic E-state index is 13.5. The van der Waals surface area contributed by atoms with E-state index in [2.05, 4.69) is 16.0 Å². The van der Waals surface area contributed by atoms with Gasteiger partial charge in [-0.05, 0) is 61.9 Å². The Hall–Kier alpha value is -3.22. The van der Waals surface area contributed by atoms with Gasteiger partial charge in [-0.25, -0.2) is 4.79 Å². The summed E-state index contributed by atoms with van der Waals surface area (Å²) in [7, 11) is 2.47. The number of carbonyl (C=O) groups excluding carboxylic acids is 3. The third-order valence-corrected chi connectivity index (χ3v) is 10.6. The number of hydrogen-bond acceptors (Lipinski definition) is 8. The average Bonchev–Trinajstić information content (AvgIpc) is 2.91. The number of nitrogens with one attached hydrogen (secondary N) is 3. The summed E-state index contributed by atoms with van der Waals surface area (Å²) in [5, 5.41) is 27.8. The van der Waals surface area contributed by atoms with E-state index in [1.54, 1.807) is 32.0 Å². The Morgan fingerprint density at radius 2 is 1.80 bits per heavy atom. The van der Waals surface area contributed by atoms with Gasteiger partial charge in [-0.2, -0.15) is 0 Å². The van der Waals surface area contributed by atoms with Gasteiger partial charge in [0.1, 0.15) is 23.9 Å². The van der Waals surface area contributed by atoms with Gasteiger partial charge in [0.25, 0.3) is 0 Å². The van der Waals surface area contributed by atoms with Crippen LogP contribution in [0, 0.1) is 0 Å². The van der Waals surface area contributed by atoms with Crippen LogP contribution in [-0.4, -0.2) is 68.1 Å². The molecule has 2 aromatic carbocycles. The molecule has 0 aromatic heterocycles. The molecule has 0 bridgehead atoms. The lowest BCUT2D eigenvalue weighted by Crippen LogP contribution is -2.63. The molecule has 12 heteroatoms. The third kappa shape index (κ3) is 6.91. The van der Waals surface area contributed by atoms with Gasteiger partial charge in [0.15, 0.2) is 0 Å². The zero-order valence-corrected chi connectivity index (χ0v) is 23.9. The Kier molecular flexibility index (Phi) is 9.01. The van der Waals surface area contributed by atoms with Crippen LogP contribution in [0.25, 0.3) is 0 Å². The number of carboxylic acids is 1. The van der Waals surface area contributed by atoms with Gasteiger partial charge >= 0.3 is 5.97 Å². The molecule has 1 heterocycles. The fraction of sp³-hybridized carbons (Fsp3) is 0.429. The van der Waals surface area contributed by atoms with E-state index in [4.69, 9.17) is 5.73 Å². The second-order valence-electron chi connectivity index (χ2n) is 10.8. The molecule has 0 radical (unpaired) electrons. The molecule has 0 saturated carbocycles. The van der Waals surface area contributed by atoms with Crippen LogP contribution in [0.4, 0.5) is 0 Å². The Balaban J connectivity index is 1.58. The maximum Gasteiger partial charge on any atom is 0.327 e. The van der Waals surface area contributed by atoms with Crippen LogP contribution < -0.4 is 21.7 Å². The topological polar surface area (TPSA) is 171 Å². The van der Waals surface area contributed by atoms with Crippen molar-refractivity contribution in [3.8, 4) is 5.75 Å². The maximum absolute atomic E-state index is 13.5. The number of carboxylic acid groups (broad SMARTS) is 1. The number of phenolic OH excluding ortho intramolecular Hbond substituents is 1. The van der Waals surface area contributed by atoms with Gasteiger partial charge in [0.05, 0.1) is 10.3 Å². The van der Waals surface area contributed by atoms with Crippen molar-refractivity contribution in [2.24, 2.45) is 5.73 Å². The minimum absolute atomic E-state index is 0.130. The number of carbonyl (C=O) groups is 4. The first kappa shape index (κ1) is 29.8. The van der Waals surface area contributed by atoms with E-state index < -0.39 is 52.1 Å². The van der Waals surface area contributed by atoms with Gasteiger partial charge < -0.3 is 31.9 Å². The van der Waals surface area contributed by atoms with Crippen molar-refractivity contribution in [1.82, 2.24) is 16.0 Å². The molecular weight excluding hydrogens is 552 g/mol. The van der Waals surface area contributed by atoms with Crippen molar-refractivity contribution in [2.75, 3.05) is 5.75 Å². The lowest BCUT2D eigenvalue weighted by molar-refractivity contribution is -0.143. The number of aliphatic carboxylic acids is 1. The van der Waals surface area contributed by atoms with Crippen molar-refractivity contribution in [2.45, 2.75) is 67.9 Å². The second kappa shape index (κ2) is 12.1. The predicted molar refractivity (Wildman–Crippen MR) is 155 cm³/mol. The van der Waals surface area contributed by atoms with E-state index >= 15 is 0 Å². The number of rotatable bonds is 5. The highest BCUT2D eigenvalue weighted by Crippen LogP contribution is 2.39. The van der Waals surface area contributed by atoms with Crippen LogP contribution in [0.2, 0.25) is 0 Å². The van der Waals surface area contributed by atoms with Crippen LogP contribution in [0.5, 0.6) is 5.75 Å². The molecule has 2 aromatic rings. The molecule has 10 nitrogen and oxygen atoms in total. The molecular formula is C28H34N4O6S2. The number of nitrogens with two attached hydrogens (primary N) is 1. The minimum Gasteiger partial charge on any atom is -0.508 e. The van der Waals surface area contributed by atoms with Crippen molar-refractivity contribution in [3.63, 3.8) is 0 Å². The highest BCUT2D eigenvalue weighted by molar-refractivity contribution is 8.77. The number of aryl methyl sites for hydroxylation is 1. The fourth-order valence-electron chi connectivity index (χ4n) is 4.89. The Labute approximate surface area is 240 Å². The fourth-order valence-corrected chi connectivity index (χ4v) is 7.70. The molecule has 4 rings (SSSR count). The Morgan fingerprint density at radius 1 is 1.07 bits per heavy atom. The molecule has 1 saturated heterocycles. The lowest BCUT2D eigenvalue weighted by Gasteiger charge is -2.35. The van der Waals surface area contributed by atoms with Gasteiger partial charge in [-0.1, -0.05) is 58.0 Å². The zero-order valence-electron chi connectivity index (χ0n) is 22.3. The molecule has 0 spiro atoms. The van der Waals surface area contributed by atoms with E-state index in [-0.39, 0.29) is 24.3 Å². The summed E-state index contributed by atoms with van der Waals surface area (Å²) in [6.45, 7) is 3.42. The van der Waals surface area contributed by atoms with Gasteiger partial charge in [0.2, 0.25) is 17.7 Å². The quantitative estimate of drug-likeness (QED) is 0.284. The number of fused-ring (bicyclic) bond motifs is 1. The molecule has 2 aliphatic rings.